The molecule has 0 heterocycles. The van der Waals surface area contributed by atoms with Gasteiger partial charge < -0.3 is 15.6 Å². The van der Waals surface area contributed by atoms with E-state index >= 15 is 0 Å². The molecule has 0 unspecified atom stereocenters. The van der Waals surface area contributed by atoms with Crippen molar-refractivity contribution in [2.45, 2.75) is 27.7 Å². The lowest BCUT2D eigenvalue weighted by atomic mass is 10.1. The van der Waals surface area contributed by atoms with E-state index in [1.54, 1.807) is 24.3 Å². The van der Waals surface area contributed by atoms with E-state index in [1.807, 2.05) is 38.1 Å². The van der Waals surface area contributed by atoms with Crippen molar-refractivity contribution in [3.05, 3.63) is 77.4 Å². The van der Waals surface area contributed by atoms with Crippen molar-refractivity contribution in [1.82, 2.24) is 0 Å². The van der Waals surface area contributed by atoms with Gasteiger partial charge in [-0.15, -0.1) is 0 Å². The minimum atomic E-state index is -0.875. The first-order valence-electron chi connectivity index (χ1n) is 7.42. The van der Waals surface area contributed by atoms with E-state index in [-0.39, 0.29) is 5.78 Å². The predicted molar refractivity (Wildman–Crippen MR) is 98.9 cm³/mol. The Labute approximate surface area is 143 Å². The Balaban J connectivity index is 0.000000363. The van der Waals surface area contributed by atoms with Crippen molar-refractivity contribution in [1.29, 1.82) is 0 Å². The van der Waals surface area contributed by atoms with E-state index in [0.29, 0.717) is 11.3 Å². The fraction of sp³-hybridized carbons (Fsp3) is 0.200. The predicted octanol–water partition coefficient (Wildman–Crippen LogP) is 4.21. The number of carbonyl (C=O) groups is 2. The lowest BCUT2D eigenvalue weighted by Crippen LogP contribution is -1.94. The van der Waals surface area contributed by atoms with E-state index < -0.39 is 5.97 Å². The molecule has 2 aromatic carbocycles. The van der Waals surface area contributed by atoms with Gasteiger partial charge in [0.05, 0.1) is 5.56 Å². The van der Waals surface area contributed by atoms with Crippen molar-refractivity contribution in [3.8, 4) is 0 Å². The van der Waals surface area contributed by atoms with Crippen molar-refractivity contribution in [3.63, 3.8) is 0 Å². The van der Waals surface area contributed by atoms with Crippen LogP contribution in [-0.2, 0) is 4.79 Å². The number of hydrogen-bond acceptors (Lipinski definition) is 3. The number of aromatic carboxylic acids is 1. The minimum Gasteiger partial charge on any atom is -0.478 e. The first kappa shape index (κ1) is 21.1. The summed E-state index contributed by atoms with van der Waals surface area (Å²) in [4.78, 5) is 19.8. The minimum absolute atomic E-state index is 0.167. The smallest absolute Gasteiger partial charge is 0.335 e. The molecule has 128 valence electrons. The van der Waals surface area contributed by atoms with E-state index in [2.05, 4.69) is 6.58 Å². The Hall–Kier alpha value is -2.88. The Morgan fingerprint density at radius 1 is 0.833 bits per heavy atom. The number of carbonyl (C=O) groups excluding carboxylic acids is 1. The van der Waals surface area contributed by atoms with E-state index in [4.69, 9.17) is 10.8 Å². The average molecular weight is 327 g/mol. The van der Waals surface area contributed by atoms with Gasteiger partial charge in [0, 0.05) is 5.70 Å². The first-order valence-corrected chi connectivity index (χ1v) is 7.42. The molecule has 3 N–H and O–H groups in total. The molecule has 0 bridgehead atoms. The molecule has 0 radical (unpaired) electrons. The highest BCUT2D eigenvalue weighted by atomic mass is 16.4. The summed E-state index contributed by atoms with van der Waals surface area (Å²) in [5, 5.41) is 8.48. The summed E-state index contributed by atoms with van der Waals surface area (Å²) in [6.07, 6.45) is 0. The maximum Gasteiger partial charge on any atom is 0.335 e. The third-order valence-corrected chi connectivity index (χ3v) is 2.72. The van der Waals surface area contributed by atoms with Crippen LogP contribution >= 0.6 is 0 Å². The quantitative estimate of drug-likeness (QED) is 0.865. The van der Waals surface area contributed by atoms with Crippen LogP contribution in [0.3, 0.4) is 0 Å². The second-order valence-corrected chi connectivity index (χ2v) is 5.47. The van der Waals surface area contributed by atoms with Crippen LogP contribution in [0.2, 0.25) is 0 Å². The van der Waals surface area contributed by atoms with Crippen LogP contribution in [0, 0.1) is 13.8 Å². The summed E-state index contributed by atoms with van der Waals surface area (Å²) >= 11 is 0. The number of carboxylic acids is 1. The largest absolute Gasteiger partial charge is 0.478 e. The molecular formula is C20H25NO3. The summed E-state index contributed by atoms with van der Waals surface area (Å²) < 4.78 is 0. The number of nitrogens with two attached hydrogens (primary N) is 1. The molecule has 2 aromatic rings. The molecule has 0 spiro atoms. The van der Waals surface area contributed by atoms with Crippen LogP contribution in [0.25, 0.3) is 5.70 Å². The number of aryl methyl sites for hydroxylation is 2. The number of benzene rings is 2. The number of ketones is 1. The van der Waals surface area contributed by atoms with Gasteiger partial charge >= 0.3 is 5.97 Å². The summed E-state index contributed by atoms with van der Waals surface area (Å²) in [7, 11) is 0. The molecule has 2 rings (SSSR count). The molecule has 4 nitrogen and oxygen atoms in total. The summed E-state index contributed by atoms with van der Waals surface area (Å²) in [6, 6.07) is 14.7. The Morgan fingerprint density at radius 3 is 1.38 bits per heavy atom. The molecule has 0 amide bonds. The first-order chi connectivity index (χ1) is 11.1. The van der Waals surface area contributed by atoms with Crippen LogP contribution in [0.1, 0.15) is 40.9 Å². The maximum atomic E-state index is 10.3. The standard InChI is InChI=1S/C9H11N.C8H8O2.C3H6O/c1-7-3-5-9(6-4-7)8(2)10;1-6-2-4-7(5-3-6)8(9)10;1-3(2)4/h3-6H,2,10H2,1H3;2-5H,1H3,(H,9,10);1-2H3. The Kier molecular flexibility index (Phi) is 9.49. The average Bonchev–Trinajstić information content (AvgIpc) is 2.48. The Morgan fingerprint density at radius 2 is 1.12 bits per heavy atom. The fourth-order valence-electron chi connectivity index (χ4n) is 1.46. The highest BCUT2D eigenvalue weighted by molar-refractivity contribution is 5.87. The molecular weight excluding hydrogens is 302 g/mol. The van der Waals surface area contributed by atoms with Crippen LogP contribution in [0.15, 0.2) is 55.1 Å². The second kappa shape index (κ2) is 10.8. The number of rotatable bonds is 2. The van der Waals surface area contributed by atoms with Crippen LogP contribution in [0.4, 0.5) is 0 Å². The molecule has 0 aliphatic heterocycles. The third-order valence-electron chi connectivity index (χ3n) is 2.72. The Bertz CT molecular complexity index is 612. The van der Waals surface area contributed by atoms with Crippen LogP contribution < -0.4 is 5.73 Å². The van der Waals surface area contributed by atoms with Gasteiger partial charge in [0.1, 0.15) is 5.78 Å². The van der Waals surface area contributed by atoms with E-state index in [1.165, 1.54) is 19.4 Å². The van der Waals surface area contributed by atoms with Gasteiger partial charge in [0.25, 0.3) is 0 Å². The van der Waals surface area contributed by atoms with Crippen molar-refractivity contribution in [2.75, 3.05) is 0 Å². The molecule has 4 heteroatoms. The van der Waals surface area contributed by atoms with Gasteiger partial charge in [-0.25, -0.2) is 4.79 Å². The number of hydrogen-bond donors (Lipinski definition) is 2. The lowest BCUT2D eigenvalue weighted by molar-refractivity contribution is -0.115. The topological polar surface area (TPSA) is 80.4 Å². The molecule has 0 atom stereocenters. The molecule has 0 saturated carbocycles. The van der Waals surface area contributed by atoms with E-state index in [0.717, 1.165) is 11.1 Å². The third kappa shape index (κ3) is 9.95. The lowest BCUT2D eigenvalue weighted by Gasteiger charge is -1.98. The fourth-order valence-corrected chi connectivity index (χ4v) is 1.46. The normalized spacial score (nSPS) is 8.83. The van der Waals surface area contributed by atoms with Gasteiger partial charge in [-0.2, -0.15) is 0 Å². The molecule has 24 heavy (non-hydrogen) atoms. The molecule has 0 aliphatic carbocycles. The van der Waals surface area contributed by atoms with Gasteiger partial charge in [-0.3, -0.25) is 0 Å². The van der Waals surface area contributed by atoms with Crippen LogP contribution in [-0.4, -0.2) is 16.9 Å². The maximum absolute atomic E-state index is 10.3. The highest BCUT2D eigenvalue weighted by Gasteiger charge is 1.98. The zero-order chi connectivity index (χ0) is 18.7. The monoisotopic (exact) mass is 327 g/mol. The summed E-state index contributed by atoms with van der Waals surface area (Å²) in [6.45, 7) is 10.7. The summed E-state index contributed by atoms with van der Waals surface area (Å²) in [5.74, 6) is -0.708. The van der Waals surface area contributed by atoms with Gasteiger partial charge in [0.2, 0.25) is 0 Å². The molecule has 0 aromatic heterocycles. The second-order valence-electron chi connectivity index (χ2n) is 5.47. The summed E-state index contributed by atoms with van der Waals surface area (Å²) in [5.41, 5.74) is 9.75. The van der Waals surface area contributed by atoms with Gasteiger partial charge in [-0.05, 0) is 45.4 Å². The number of carboxylic acid groups (broad SMARTS) is 1. The van der Waals surface area contributed by atoms with Crippen molar-refractivity contribution in [2.24, 2.45) is 5.73 Å². The van der Waals surface area contributed by atoms with Crippen molar-refractivity contribution >= 4 is 17.4 Å². The zero-order valence-electron chi connectivity index (χ0n) is 14.7. The molecule has 0 saturated heterocycles. The van der Waals surface area contributed by atoms with Gasteiger partial charge in [-0.1, -0.05) is 54.1 Å². The molecule has 0 aliphatic rings. The zero-order valence-corrected chi connectivity index (χ0v) is 14.7. The van der Waals surface area contributed by atoms with E-state index in [9.17, 15) is 9.59 Å². The number of Topliss-reactive ketones (excluding diaryl/α,β-unsaturated/α-hetero) is 1. The van der Waals surface area contributed by atoms with Crippen LogP contribution in [0.5, 0.6) is 0 Å². The van der Waals surface area contributed by atoms with Crippen molar-refractivity contribution < 1.29 is 14.7 Å². The highest BCUT2D eigenvalue weighted by Crippen LogP contribution is 2.07. The molecule has 0 fully saturated rings. The SMILES string of the molecule is C=C(N)c1ccc(C)cc1.CC(C)=O.Cc1ccc(C(=O)O)cc1. The van der Waals surface area contributed by atoms with Gasteiger partial charge in [0.15, 0.2) is 0 Å².